The van der Waals surface area contributed by atoms with Crippen LogP contribution in [0.3, 0.4) is 0 Å². The molecular weight excluding hydrogens is 308 g/mol. The zero-order valence-electron chi connectivity index (χ0n) is 13.6. The third-order valence-corrected chi connectivity index (χ3v) is 3.91. The highest BCUT2D eigenvalue weighted by molar-refractivity contribution is 5.85. The lowest BCUT2D eigenvalue weighted by Crippen LogP contribution is -2.25. The smallest absolute Gasteiger partial charge is 0.220 e. The SMILES string of the molecule is Cl.NCCCCCCC(=O)NCCc1ccc2ccccc2c1. The highest BCUT2D eigenvalue weighted by atomic mass is 35.5. The van der Waals surface area contributed by atoms with Crippen LogP contribution in [-0.4, -0.2) is 19.0 Å². The van der Waals surface area contributed by atoms with Gasteiger partial charge in [-0.15, -0.1) is 12.4 Å². The van der Waals surface area contributed by atoms with Gasteiger partial charge in [-0.05, 0) is 42.1 Å². The number of nitrogens with one attached hydrogen (secondary N) is 1. The molecular formula is C19H27ClN2O. The van der Waals surface area contributed by atoms with Gasteiger partial charge in [0.25, 0.3) is 0 Å². The molecule has 0 bridgehead atoms. The van der Waals surface area contributed by atoms with Crippen LogP contribution in [0.15, 0.2) is 42.5 Å². The fraction of sp³-hybridized carbons (Fsp3) is 0.421. The Labute approximate surface area is 145 Å². The quantitative estimate of drug-likeness (QED) is 0.685. The summed E-state index contributed by atoms with van der Waals surface area (Å²) in [6, 6.07) is 14.8. The molecule has 0 aliphatic rings. The lowest BCUT2D eigenvalue weighted by molar-refractivity contribution is -0.121. The molecule has 0 aliphatic carbocycles. The number of carbonyl (C=O) groups is 1. The van der Waals surface area contributed by atoms with Crippen LogP contribution in [0.4, 0.5) is 0 Å². The van der Waals surface area contributed by atoms with E-state index in [1.165, 1.54) is 16.3 Å². The lowest BCUT2D eigenvalue weighted by Gasteiger charge is -2.06. The molecule has 0 radical (unpaired) electrons. The fourth-order valence-corrected chi connectivity index (χ4v) is 2.61. The third-order valence-electron chi connectivity index (χ3n) is 3.91. The van der Waals surface area contributed by atoms with Crippen LogP contribution in [0.2, 0.25) is 0 Å². The van der Waals surface area contributed by atoms with Crippen LogP contribution in [-0.2, 0) is 11.2 Å². The predicted octanol–water partition coefficient (Wildman–Crippen LogP) is 3.83. The number of unbranched alkanes of at least 4 members (excludes halogenated alkanes) is 3. The number of amides is 1. The maximum atomic E-state index is 11.7. The maximum Gasteiger partial charge on any atom is 0.220 e. The van der Waals surface area contributed by atoms with Gasteiger partial charge < -0.3 is 11.1 Å². The molecule has 0 atom stereocenters. The van der Waals surface area contributed by atoms with E-state index < -0.39 is 0 Å². The van der Waals surface area contributed by atoms with Crippen molar-refractivity contribution in [1.29, 1.82) is 0 Å². The molecule has 2 rings (SSSR count). The van der Waals surface area contributed by atoms with E-state index in [0.717, 1.165) is 38.6 Å². The molecule has 3 nitrogen and oxygen atoms in total. The predicted molar refractivity (Wildman–Crippen MR) is 100 cm³/mol. The van der Waals surface area contributed by atoms with Crippen molar-refractivity contribution in [3.05, 3.63) is 48.0 Å². The van der Waals surface area contributed by atoms with Gasteiger partial charge in [-0.3, -0.25) is 4.79 Å². The minimum Gasteiger partial charge on any atom is -0.356 e. The first-order chi connectivity index (χ1) is 10.8. The van der Waals surface area contributed by atoms with E-state index >= 15 is 0 Å². The van der Waals surface area contributed by atoms with Gasteiger partial charge in [0, 0.05) is 13.0 Å². The van der Waals surface area contributed by atoms with Gasteiger partial charge in [-0.2, -0.15) is 0 Å². The minimum atomic E-state index is 0. The summed E-state index contributed by atoms with van der Waals surface area (Å²) in [6.45, 7) is 1.46. The molecule has 1 amide bonds. The van der Waals surface area contributed by atoms with Gasteiger partial charge in [0.15, 0.2) is 0 Å². The molecule has 0 spiro atoms. The Morgan fingerprint density at radius 2 is 1.70 bits per heavy atom. The molecule has 0 aliphatic heterocycles. The van der Waals surface area contributed by atoms with Crippen molar-refractivity contribution < 1.29 is 4.79 Å². The Hall–Kier alpha value is -1.58. The van der Waals surface area contributed by atoms with Crippen molar-refractivity contribution in [2.45, 2.75) is 38.5 Å². The molecule has 4 heteroatoms. The number of benzene rings is 2. The standard InChI is InChI=1S/C19H26N2O.ClH/c20-13-6-2-1-3-9-19(22)21-14-12-16-10-11-17-7-4-5-8-18(17)15-16;/h4-5,7-8,10-11,15H,1-3,6,9,12-14,20H2,(H,21,22);1H. The second-order valence-corrected chi connectivity index (χ2v) is 5.73. The summed E-state index contributed by atoms with van der Waals surface area (Å²) in [4.78, 5) is 11.7. The molecule has 2 aromatic rings. The van der Waals surface area contributed by atoms with Gasteiger partial charge in [0.2, 0.25) is 5.91 Å². The van der Waals surface area contributed by atoms with Crippen LogP contribution in [0.25, 0.3) is 10.8 Å². The van der Waals surface area contributed by atoms with Gasteiger partial charge in [0.05, 0.1) is 0 Å². The second kappa shape index (κ2) is 11.0. The van der Waals surface area contributed by atoms with Gasteiger partial charge in [-0.1, -0.05) is 55.3 Å². The summed E-state index contributed by atoms with van der Waals surface area (Å²) >= 11 is 0. The number of fused-ring (bicyclic) bond motifs is 1. The molecule has 2 aromatic carbocycles. The molecule has 3 N–H and O–H groups in total. The topological polar surface area (TPSA) is 55.1 Å². The monoisotopic (exact) mass is 334 g/mol. The summed E-state index contributed by atoms with van der Waals surface area (Å²) in [5.41, 5.74) is 6.71. The molecule has 0 aromatic heterocycles. The van der Waals surface area contributed by atoms with Crippen LogP contribution in [0, 0.1) is 0 Å². The third kappa shape index (κ3) is 7.02. The largest absolute Gasteiger partial charge is 0.356 e. The Kier molecular flexibility index (Phi) is 9.34. The van der Waals surface area contributed by atoms with Crippen LogP contribution < -0.4 is 11.1 Å². The van der Waals surface area contributed by atoms with E-state index in [-0.39, 0.29) is 18.3 Å². The summed E-state index contributed by atoms with van der Waals surface area (Å²) in [5.74, 6) is 0.161. The van der Waals surface area contributed by atoms with Gasteiger partial charge >= 0.3 is 0 Å². The minimum absolute atomic E-state index is 0. The van der Waals surface area contributed by atoms with Crippen LogP contribution in [0.1, 0.15) is 37.7 Å². The zero-order chi connectivity index (χ0) is 15.6. The number of carbonyl (C=O) groups excluding carboxylic acids is 1. The van der Waals surface area contributed by atoms with Crippen molar-refractivity contribution in [1.82, 2.24) is 5.32 Å². The van der Waals surface area contributed by atoms with Crippen molar-refractivity contribution in [2.75, 3.05) is 13.1 Å². The Bertz CT molecular complexity index is 601. The average Bonchev–Trinajstić information content (AvgIpc) is 2.54. The fourth-order valence-electron chi connectivity index (χ4n) is 2.61. The van der Waals surface area contributed by atoms with Gasteiger partial charge in [-0.25, -0.2) is 0 Å². The molecule has 0 unspecified atom stereocenters. The molecule has 126 valence electrons. The van der Waals surface area contributed by atoms with E-state index in [4.69, 9.17) is 5.73 Å². The van der Waals surface area contributed by atoms with Crippen molar-refractivity contribution in [3.63, 3.8) is 0 Å². The normalized spacial score (nSPS) is 10.3. The van der Waals surface area contributed by atoms with E-state index in [1.54, 1.807) is 0 Å². The zero-order valence-corrected chi connectivity index (χ0v) is 14.4. The average molecular weight is 335 g/mol. The first-order valence-corrected chi connectivity index (χ1v) is 8.24. The van der Waals surface area contributed by atoms with E-state index in [9.17, 15) is 4.79 Å². The highest BCUT2D eigenvalue weighted by Crippen LogP contribution is 2.15. The lowest BCUT2D eigenvalue weighted by atomic mass is 10.1. The highest BCUT2D eigenvalue weighted by Gasteiger charge is 2.01. The van der Waals surface area contributed by atoms with Crippen molar-refractivity contribution in [3.8, 4) is 0 Å². The Morgan fingerprint density at radius 1 is 0.957 bits per heavy atom. The van der Waals surface area contributed by atoms with E-state index in [2.05, 4.69) is 47.8 Å². The van der Waals surface area contributed by atoms with Crippen molar-refractivity contribution >= 4 is 29.1 Å². The number of hydrogen-bond acceptors (Lipinski definition) is 2. The molecule has 0 fully saturated rings. The number of halogens is 1. The molecule has 0 saturated carbocycles. The van der Waals surface area contributed by atoms with Crippen LogP contribution in [0.5, 0.6) is 0 Å². The number of hydrogen-bond donors (Lipinski definition) is 2. The summed E-state index contributed by atoms with van der Waals surface area (Å²) in [6.07, 6.45) is 5.74. The Balaban J connectivity index is 0.00000264. The molecule has 0 saturated heterocycles. The number of nitrogens with two attached hydrogens (primary N) is 1. The second-order valence-electron chi connectivity index (χ2n) is 5.73. The Morgan fingerprint density at radius 3 is 2.48 bits per heavy atom. The maximum absolute atomic E-state index is 11.7. The summed E-state index contributed by atoms with van der Waals surface area (Å²) in [7, 11) is 0. The van der Waals surface area contributed by atoms with Crippen LogP contribution >= 0.6 is 12.4 Å². The first-order valence-electron chi connectivity index (χ1n) is 8.24. The molecule has 23 heavy (non-hydrogen) atoms. The summed E-state index contributed by atoms with van der Waals surface area (Å²) in [5, 5.41) is 5.52. The van der Waals surface area contributed by atoms with Crippen molar-refractivity contribution in [2.24, 2.45) is 5.73 Å². The first kappa shape index (κ1) is 19.5. The van der Waals surface area contributed by atoms with E-state index in [0.29, 0.717) is 13.0 Å². The summed E-state index contributed by atoms with van der Waals surface area (Å²) < 4.78 is 0. The van der Waals surface area contributed by atoms with Gasteiger partial charge in [0.1, 0.15) is 0 Å². The molecule has 0 heterocycles. The van der Waals surface area contributed by atoms with E-state index in [1.807, 2.05) is 0 Å². The number of rotatable bonds is 9.